The Morgan fingerprint density at radius 3 is 2.52 bits per heavy atom. The number of rotatable bonds is 4. The first-order valence-electron chi connectivity index (χ1n) is 9.48. The van der Waals surface area contributed by atoms with Gasteiger partial charge in [-0.15, -0.1) is 0 Å². The summed E-state index contributed by atoms with van der Waals surface area (Å²) in [5.41, 5.74) is 1.17. The highest BCUT2D eigenvalue weighted by atomic mass is 32.2. The molecule has 29 heavy (non-hydrogen) atoms. The zero-order chi connectivity index (χ0) is 21.3. The van der Waals surface area contributed by atoms with Crippen LogP contribution in [0, 0.1) is 24.2 Å². The number of thiocarbonyl (C=S) groups is 1. The Hall–Kier alpha value is -1.76. The second-order valence-electron chi connectivity index (χ2n) is 7.50. The quantitative estimate of drug-likeness (QED) is 0.518. The van der Waals surface area contributed by atoms with E-state index in [0.29, 0.717) is 27.3 Å². The molecule has 1 aromatic heterocycles. The van der Waals surface area contributed by atoms with E-state index >= 15 is 0 Å². The van der Waals surface area contributed by atoms with Crippen LogP contribution < -0.4 is 10.5 Å². The molecule has 0 atom stereocenters. The monoisotopic (exact) mass is 448 g/mol. The van der Waals surface area contributed by atoms with E-state index in [-0.39, 0.29) is 17.0 Å². The number of nitrogens with zero attached hydrogens (tertiary/aromatic N) is 4. The molecule has 0 bridgehead atoms. The van der Waals surface area contributed by atoms with Crippen LogP contribution in [0.25, 0.3) is 6.08 Å². The molecule has 154 valence electrons. The van der Waals surface area contributed by atoms with Gasteiger partial charge in [0.2, 0.25) is 0 Å². The molecule has 0 unspecified atom stereocenters. The molecule has 2 saturated heterocycles. The van der Waals surface area contributed by atoms with Gasteiger partial charge in [-0.1, -0.05) is 37.8 Å². The molecule has 0 radical (unpaired) electrons. The number of nitriles is 1. The predicted octanol–water partition coefficient (Wildman–Crippen LogP) is 2.98. The Bertz CT molecular complexity index is 985. The van der Waals surface area contributed by atoms with Crippen LogP contribution in [0.3, 0.4) is 0 Å². The SMILES string of the molecule is Cc1c(C=C2SC(=S)N(CC(C)C)C2=O)c(N2CCSCC2)n(C)c(=O)c1C#N. The number of aromatic nitrogens is 1. The van der Waals surface area contributed by atoms with Crippen molar-refractivity contribution in [3.63, 3.8) is 0 Å². The van der Waals surface area contributed by atoms with Gasteiger partial charge in [-0.25, -0.2) is 0 Å². The number of hydrogen-bond acceptors (Lipinski definition) is 7. The van der Waals surface area contributed by atoms with Crippen molar-refractivity contribution in [3.05, 3.63) is 31.9 Å². The maximum atomic E-state index is 13.0. The maximum absolute atomic E-state index is 13.0. The smallest absolute Gasteiger partial charge is 0.270 e. The Morgan fingerprint density at radius 2 is 1.93 bits per heavy atom. The third kappa shape index (κ3) is 4.25. The summed E-state index contributed by atoms with van der Waals surface area (Å²) in [5.74, 6) is 2.91. The molecule has 0 aromatic carbocycles. The lowest BCUT2D eigenvalue weighted by Gasteiger charge is -2.32. The van der Waals surface area contributed by atoms with Crippen molar-refractivity contribution in [2.75, 3.05) is 36.0 Å². The molecule has 2 fully saturated rings. The molecule has 2 aliphatic heterocycles. The van der Waals surface area contributed by atoms with E-state index in [1.165, 1.54) is 11.8 Å². The largest absolute Gasteiger partial charge is 0.356 e. The average Bonchev–Trinajstić information content (AvgIpc) is 2.94. The first kappa shape index (κ1) is 21.9. The first-order chi connectivity index (χ1) is 13.8. The van der Waals surface area contributed by atoms with Crippen LogP contribution in [0.2, 0.25) is 0 Å². The topological polar surface area (TPSA) is 69.3 Å². The van der Waals surface area contributed by atoms with Gasteiger partial charge in [0, 0.05) is 43.8 Å². The number of hydrogen-bond donors (Lipinski definition) is 0. The van der Waals surface area contributed by atoms with Crippen molar-refractivity contribution >= 4 is 57.9 Å². The van der Waals surface area contributed by atoms with E-state index in [9.17, 15) is 14.9 Å². The predicted molar refractivity (Wildman–Crippen MR) is 125 cm³/mol. The van der Waals surface area contributed by atoms with Gasteiger partial charge in [0.05, 0.1) is 4.91 Å². The molecular formula is C20H24N4O2S3. The van der Waals surface area contributed by atoms with Gasteiger partial charge in [0.1, 0.15) is 21.8 Å². The molecule has 2 aliphatic rings. The Morgan fingerprint density at radius 1 is 1.28 bits per heavy atom. The van der Waals surface area contributed by atoms with Gasteiger partial charge in [-0.05, 0) is 24.5 Å². The fourth-order valence-electron chi connectivity index (χ4n) is 3.52. The van der Waals surface area contributed by atoms with Crippen molar-refractivity contribution in [1.82, 2.24) is 9.47 Å². The summed E-state index contributed by atoms with van der Waals surface area (Å²) in [4.78, 5) is 30.1. The molecule has 3 heterocycles. The summed E-state index contributed by atoms with van der Waals surface area (Å²) in [7, 11) is 1.70. The van der Waals surface area contributed by atoms with Gasteiger partial charge in [0.25, 0.3) is 11.5 Å². The molecule has 0 aliphatic carbocycles. The van der Waals surface area contributed by atoms with Crippen molar-refractivity contribution in [2.24, 2.45) is 13.0 Å². The van der Waals surface area contributed by atoms with Crippen LogP contribution in [-0.2, 0) is 11.8 Å². The van der Waals surface area contributed by atoms with E-state index in [1.807, 2.05) is 37.8 Å². The number of thioether (sulfide) groups is 2. The van der Waals surface area contributed by atoms with Gasteiger partial charge in [-0.3, -0.25) is 19.1 Å². The minimum absolute atomic E-state index is 0.111. The molecule has 1 amide bonds. The second-order valence-corrected chi connectivity index (χ2v) is 10.4. The van der Waals surface area contributed by atoms with Crippen LogP contribution in [-0.4, -0.2) is 50.8 Å². The van der Waals surface area contributed by atoms with E-state index in [1.54, 1.807) is 23.4 Å². The minimum Gasteiger partial charge on any atom is -0.356 e. The lowest BCUT2D eigenvalue weighted by molar-refractivity contribution is -0.122. The van der Waals surface area contributed by atoms with Crippen molar-refractivity contribution in [2.45, 2.75) is 20.8 Å². The highest BCUT2D eigenvalue weighted by Gasteiger charge is 2.33. The molecular weight excluding hydrogens is 424 g/mol. The number of carbonyl (C=O) groups is 1. The number of amides is 1. The van der Waals surface area contributed by atoms with Gasteiger partial charge in [-0.2, -0.15) is 17.0 Å². The average molecular weight is 449 g/mol. The first-order valence-corrected chi connectivity index (χ1v) is 11.9. The lowest BCUT2D eigenvalue weighted by atomic mass is 10.0. The number of anilines is 1. The van der Waals surface area contributed by atoms with Crippen LogP contribution in [0.5, 0.6) is 0 Å². The molecule has 6 nitrogen and oxygen atoms in total. The summed E-state index contributed by atoms with van der Waals surface area (Å²) in [6.07, 6.45) is 1.81. The van der Waals surface area contributed by atoms with Crippen LogP contribution in [0.15, 0.2) is 9.70 Å². The van der Waals surface area contributed by atoms with Gasteiger partial charge in [0.15, 0.2) is 0 Å². The van der Waals surface area contributed by atoms with E-state index in [0.717, 1.165) is 36.0 Å². The third-order valence-electron chi connectivity index (χ3n) is 4.98. The normalized spacial score (nSPS) is 18.8. The summed E-state index contributed by atoms with van der Waals surface area (Å²) in [5, 5.41) is 9.54. The van der Waals surface area contributed by atoms with Crippen LogP contribution in [0.4, 0.5) is 5.82 Å². The highest BCUT2D eigenvalue weighted by Crippen LogP contribution is 2.36. The van der Waals surface area contributed by atoms with Crippen LogP contribution in [0.1, 0.15) is 30.5 Å². The summed E-state index contributed by atoms with van der Waals surface area (Å²) >= 11 is 8.59. The molecule has 9 heteroatoms. The summed E-state index contributed by atoms with van der Waals surface area (Å²) in [6, 6.07) is 2.04. The zero-order valence-electron chi connectivity index (χ0n) is 17.0. The van der Waals surface area contributed by atoms with Gasteiger partial charge >= 0.3 is 0 Å². The Labute approximate surface area is 184 Å². The minimum atomic E-state index is -0.303. The molecule has 1 aromatic rings. The van der Waals surface area contributed by atoms with Crippen molar-refractivity contribution in [3.8, 4) is 6.07 Å². The maximum Gasteiger partial charge on any atom is 0.270 e. The molecule has 0 N–H and O–H groups in total. The van der Waals surface area contributed by atoms with E-state index < -0.39 is 0 Å². The standard InChI is InChI=1S/C20H24N4O2S3/c1-12(2)11-24-19(26)16(29-20(24)27)9-14-13(3)15(10-21)18(25)22(4)17(14)23-5-7-28-8-6-23/h9,12H,5-8,11H2,1-4H3. The molecule has 0 saturated carbocycles. The summed E-state index contributed by atoms with van der Waals surface area (Å²) < 4.78 is 2.09. The number of pyridine rings is 1. The summed E-state index contributed by atoms with van der Waals surface area (Å²) in [6.45, 7) is 8.09. The molecule has 0 spiro atoms. The fourth-order valence-corrected chi connectivity index (χ4v) is 5.68. The highest BCUT2D eigenvalue weighted by molar-refractivity contribution is 8.26. The van der Waals surface area contributed by atoms with Crippen molar-refractivity contribution < 1.29 is 4.79 Å². The Balaban J connectivity index is 2.16. The zero-order valence-corrected chi connectivity index (χ0v) is 19.5. The van der Waals surface area contributed by atoms with Crippen molar-refractivity contribution in [1.29, 1.82) is 5.26 Å². The van der Waals surface area contributed by atoms with Gasteiger partial charge < -0.3 is 4.90 Å². The fraction of sp³-hybridized carbons (Fsp3) is 0.500. The third-order valence-corrected chi connectivity index (χ3v) is 7.30. The second kappa shape index (κ2) is 8.94. The van der Waals surface area contributed by atoms with E-state index in [4.69, 9.17) is 12.2 Å². The lowest BCUT2D eigenvalue weighted by Crippen LogP contribution is -2.38. The number of carbonyl (C=O) groups excluding carboxylic acids is 1. The van der Waals surface area contributed by atoms with Crippen LogP contribution >= 0.6 is 35.7 Å². The Kier molecular flexibility index (Phi) is 6.76. The molecule has 3 rings (SSSR count). The van der Waals surface area contributed by atoms with E-state index in [2.05, 4.69) is 4.90 Å².